The summed E-state index contributed by atoms with van der Waals surface area (Å²) < 4.78 is 26.1. The summed E-state index contributed by atoms with van der Waals surface area (Å²) >= 11 is 9.51. The molecule has 0 fully saturated rings. The second-order valence-corrected chi connectivity index (χ2v) is 10.2. The Morgan fingerprint density at radius 3 is 2.19 bits per heavy atom. The Hall–Kier alpha value is -2.52. The summed E-state index contributed by atoms with van der Waals surface area (Å²) in [4.78, 5) is 25.9. The second-order valence-electron chi connectivity index (χ2n) is 6.76. The van der Waals surface area contributed by atoms with Crippen LogP contribution >= 0.6 is 27.5 Å². The number of hydrogen-bond acceptors (Lipinski definition) is 4. The number of anilines is 1. The van der Waals surface area contributed by atoms with Gasteiger partial charge in [-0.25, -0.2) is 12.7 Å². The lowest BCUT2D eigenvalue weighted by Crippen LogP contribution is -2.22. The van der Waals surface area contributed by atoms with Crippen molar-refractivity contribution in [2.75, 3.05) is 19.4 Å². The van der Waals surface area contributed by atoms with Gasteiger partial charge in [0.1, 0.15) is 0 Å². The Morgan fingerprint density at radius 2 is 1.58 bits per heavy atom. The van der Waals surface area contributed by atoms with Crippen molar-refractivity contribution in [2.45, 2.75) is 4.90 Å². The Kier molecular flexibility index (Phi) is 6.96. The molecule has 3 aromatic rings. The van der Waals surface area contributed by atoms with E-state index in [0.717, 1.165) is 4.31 Å². The van der Waals surface area contributed by atoms with Gasteiger partial charge in [0.15, 0.2) is 5.78 Å². The largest absolute Gasteiger partial charge is 0.321 e. The Labute approximate surface area is 194 Å². The quantitative estimate of drug-likeness (QED) is 0.471. The molecule has 0 bridgehead atoms. The molecule has 1 amide bonds. The number of amides is 1. The number of sulfonamides is 1. The summed E-state index contributed by atoms with van der Waals surface area (Å²) in [6, 6.07) is 17.1. The smallest absolute Gasteiger partial charge is 0.255 e. The van der Waals surface area contributed by atoms with E-state index in [-0.39, 0.29) is 21.8 Å². The van der Waals surface area contributed by atoms with E-state index in [1.807, 2.05) is 0 Å². The van der Waals surface area contributed by atoms with Gasteiger partial charge in [-0.05, 0) is 54.6 Å². The molecule has 0 radical (unpaired) electrons. The van der Waals surface area contributed by atoms with Crippen LogP contribution in [-0.4, -0.2) is 38.5 Å². The first-order chi connectivity index (χ1) is 14.6. The molecule has 0 unspecified atom stereocenters. The van der Waals surface area contributed by atoms with Gasteiger partial charge in [0.2, 0.25) is 10.0 Å². The summed E-state index contributed by atoms with van der Waals surface area (Å²) in [6.45, 7) is 0. The standard InChI is InChI=1S/C22H18BrClN2O4S/c1-26(2)31(29,30)16-10-7-14(8-11-16)22(28)25-20-12-9-15(23)13-18(20)21(27)17-5-3-4-6-19(17)24/h3-13H,1-2H3,(H,25,28). The average Bonchev–Trinajstić information content (AvgIpc) is 2.74. The van der Waals surface area contributed by atoms with Gasteiger partial charge in [-0.2, -0.15) is 0 Å². The zero-order chi connectivity index (χ0) is 22.8. The summed E-state index contributed by atoms with van der Waals surface area (Å²) in [7, 11) is -0.733. The van der Waals surface area contributed by atoms with Gasteiger partial charge >= 0.3 is 0 Å². The third kappa shape index (κ3) is 5.04. The van der Waals surface area contributed by atoms with Crippen molar-refractivity contribution < 1.29 is 18.0 Å². The first kappa shape index (κ1) is 23.1. The molecule has 0 saturated heterocycles. The van der Waals surface area contributed by atoms with Crippen LogP contribution in [0, 0.1) is 0 Å². The first-order valence-corrected chi connectivity index (χ1v) is 11.6. The predicted octanol–water partition coefficient (Wildman–Crippen LogP) is 4.84. The van der Waals surface area contributed by atoms with Gasteiger partial charge in [0.05, 0.1) is 15.6 Å². The molecule has 0 aliphatic carbocycles. The van der Waals surface area contributed by atoms with Gasteiger partial charge in [0, 0.05) is 35.3 Å². The van der Waals surface area contributed by atoms with Crippen LogP contribution in [0.1, 0.15) is 26.3 Å². The number of ketones is 1. The van der Waals surface area contributed by atoms with E-state index in [2.05, 4.69) is 21.2 Å². The van der Waals surface area contributed by atoms with Gasteiger partial charge in [0.25, 0.3) is 5.91 Å². The van der Waals surface area contributed by atoms with Crippen LogP contribution in [-0.2, 0) is 10.0 Å². The fourth-order valence-electron chi connectivity index (χ4n) is 2.79. The lowest BCUT2D eigenvalue weighted by molar-refractivity contribution is 0.102. The number of carbonyl (C=O) groups is 2. The zero-order valence-corrected chi connectivity index (χ0v) is 19.8. The van der Waals surface area contributed by atoms with Gasteiger partial charge in [-0.3, -0.25) is 9.59 Å². The zero-order valence-electron chi connectivity index (χ0n) is 16.6. The number of halogens is 2. The van der Waals surface area contributed by atoms with Crippen molar-refractivity contribution in [1.29, 1.82) is 0 Å². The van der Waals surface area contributed by atoms with Crippen LogP contribution in [0.3, 0.4) is 0 Å². The Bertz CT molecular complexity index is 1260. The van der Waals surface area contributed by atoms with Gasteiger partial charge < -0.3 is 5.32 Å². The highest BCUT2D eigenvalue weighted by molar-refractivity contribution is 9.10. The third-order valence-electron chi connectivity index (χ3n) is 4.49. The molecular formula is C22H18BrClN2O4S. The maximum Gasteiger partial charge on any atom is 0.255 e. The van der Waals surface area contributed by atoms with Crippen LogP contribution in [0.4, 0.5) is 5.69 Å². The molecular weight excluding hydrogens is 504 g/mol. The van der Waals surface area contributed by atoms with E-state index in [1.54, 1.807) is 42.5 Å². The summed E-state index contributed by atoms with van der Waals surface area (Å²) in [6.07, 6.45) is 0. The molecule has 0 spiro atoms. The van der Waals surface area contributed by atoms with E-state index in [0.29, 0.717) is 20.7 Å². The average molecular weight is 522 g/mol. The Morgan fingerprint density at radius 1 is 0.935 bits per heavy atom. The molecule has 0 aliphatic heterocycles. The highest BCUT2D eigenvalue weighted by atomic mass is 79.9. The van der Waals surface area contributed by atoms with E-state index in [1.165, 1.54) is 38.4 Å². The topological polar surface area (TPSA) is 83.6 Å². The van der Waals surface area contributed by atoms with Crippen LogP contribution in [0.2, 0.25) is 5.02 Å². The van der Waals surface area contributed by atoms with E-state index in [4.69, 9.17) is 11.6 Å². The molecule has 0 saturated carbocycles. The van der Waals surface area contributed by atoms with Gasteiger partial charge in [-0.1, -0.05) is 39.7 Å². The SMILES string of the molecule is CN(C)S(=O)(=O)c1ccc(C(=O)Nc2ccc(Br)cc2C(=O)c2ccccc2Cl)cc1. The molecule has 0 atom stereocenters. The van der Waals surface area contributed by atoms with Crippen LogP contribution in [0.15, 0.2) is 76.1 Å². The lowest BCUT2D eigenvalue weighted by Gasteiger charge is -2.13. The minimum Gasteiger partial charge on any atom is -0.321 e. The molecule has 0 aliphatic rings. The molecule has 3 rings (SSSR count). The first-order valence-electron chi connectivity index (χ1n) is 9.04. The maximum atomic E-state index is 13.0. The number of benzene rings is 3. The minimum absolute atomic E-state index is 0.0762. The number of nitrogens with one attached hydrogen (secondary N) is 1. The molecule has 160 valence electrons. The molecule has 0 aromatic heterocycles. The van der Waals surface area contributed by atoms with E-state index >= 15 is 0 Å². The predicted molar refractivity (Wildman–Crippen MR) is 124 cm³/mol. The lowest BCUT2D eigenvalue weighted by atomic mass is 10.0. The van der Waals surface area contributed by atoms with Crippen molar-refractivity contribution in [1.82, 2.24) is 4.31 Å². The summed E-state index contributed by atoms with van der Waals surface area (Å²) in [5.41, 5.74) is 1.14. The van der Waals surface area contributed by atoms with E-state index < -0.39 is 15.9 Å². The van der Waals surface area contributed by atoms with Gasteiger partial charge in [-0.15, -0.1) is 0 Å². The number of rotatable bonds is 6. The monoisotopic (exact) mass is 520 g/mol. The fraction of sp³-hybridized carbons (Fsp3) is 0.0909. The molecule has 31 heavy (non-hydrogen) atoms. The van der Waals surface area contributed by atoms with Crippen molar-refractivity contribution in [3.63, 3.8) is 0 Å². The molecule has 1 N–H and O–H groups in total. The van der Waals surface area contributed by atoms with Crippen LogP contribution in [0.5, 0.6) is 0 Å². The van der Waals surface area contributed by atoms with Crippen molar-refractivity contribution in [3.8, 4) is 0 Å². The maximum absolute atomic E-state index is 13.0. The van der Waals surface area contributed by atoms with E-state index in [9.17, 15) is 18.0 Å². The van der Waals surface area contributed by atoms with Crippen molar-refractivity contribution in [2.24, 2.45) is 0 Å². The van der Waals surface area contributed by atoms with Crippen molar-refractivity contribution >= 4 is 54.9 Å². The molecule has 3 aromatic carbocycles. The number of carbonyl (C=O) groups excluding carboxylic acids is 2. The Balaban J connectivity index is 1.91. The highest BCUT2D eigenvalue weighted by Crippen LogP contribution is 2.27. The van der Waals surface area contributed by atoms with Crippen LogP contribution < -0.4 is 5.32 Å². The fourth-order valence-corrected chi connectivity index (χ4v) is 4.27. The third-order valence-corrected chi connectivity index (χ3v) is 7.14. The van der Waals surface area contributed by atoms with Crippen molar-refractivity contribution in [3.05, 3.63) is 92.9 Å². The molecule has 9 heteroatoms. The molecule has 0 heterocycles. The summed E-state index contributed by atoms with van der Waals surface area (Å²) in [5.74, 6) is -0.820. The number of hydrogen-bond donors (Lipinski definition) is 1. The van der Waals surface area contributed by atoms with Crippen LogP contribution in [0.25, 0.3) is 0 Å². The normalized spacial score (nSPS) is 11.4. The second kappa shape index (κ2) is 9.32. The summed E-state index contributed by atoms with van der Waals surface area (Å²) in [5, 5.41) is 3.03. The highest BCUT2D eigenvalue weighted by Gasteiger charge is 2.20. The molecule has 6 nitrogen and oxygen atoms in total. The number of nitrogens with zero attached hydrogens (tertiary/aromatic N) is 1. The minimum atomic E-state index is -3.60.